The van der Waals surface area contributed by atoms with Gasteiger partial charge in [-0.15, -0.1) is 11.3 Å². The smallest absolute Gasteiger partial charge is 0.225 e. The molecule has 0 atom stereocenters. The van der Waals surface area contributed by atoms with Crippen LogP contribution in [0.5, 0.6) is 0 Å². The minimum Gasteiger partial charge on any atom is -0.356 e. The van der Waals surface area contributed by atoms with E-state index >= 15 is 0 Å². The summed E-state index contributed by atoms with van der Waals surface area (Å²) in [6.45, 7) is 4.11. The Bertz CT molecular complexity index is 589. The molecule has 2 aromatic rings. The number of benzene rings is 1. The lowest BCUT2D eigenvalue weighted by molar-refractivity contribution is -0.120. The van der Waals surface area contributed by atoms with Crippen LogP contribution in [0.3, 0.4) is 0 Å². The standard InChI is InChI=1S/C19H24N2OS/c22-19(13-18-7-4-12-23-18)20-14-16-8-10-21(11-9-16)15-17-5-2-1-3-6-17/h1-7,12,16H,8-11,13-15H2,(H,20,22). The molecule has 1 saturated heterocycles. The van der Waals surface area contributed by atoms with Crippen LogP contribution in [0.25, 0.3) is 0 Å². The number of amides is 1. The highest BCUT2D eigenvalue weighted by atomic mass is 32.1. The summed E-state index contributed by atoms with van der Waals surface area (Å²) in [5, 5.41) is 5.12. The van der Waals surface area contributed by atoms with Crippen LogP contribution in [0.4, 0.5) is 0 Å². The monoisotopic (exact) mass is 328 g/mol. The molecule has 122 valence electrons. The van der Waals surface area contributed by atoms with E-state index in [1.54, 1.807) is 11.3 Å². The fourth-order valence-electron chi connectivity index (χ4n) is 3.08. The van der Waals surface area contributed by atoms with Gasteiger partial charge < -0.3 is 5.32 Å². The summed E-state index contributed by atoms with van der Waals surface area (Å²) in [6, 6.07) is 14.7. The van der Waals surface area contributed by atoms with Crippen molar-refractivity contribution in [2.45, 2.75) is 25.8 Å². The van der Waals surface area contributed by atoms with E-state index in [9.17, 15) is 4.79 Å². The van der Waals surface area contributed by atoms with Gasteiger partial charge in [-0.25, -0.2) is 0 Å². The second-order valence-electron chi connectivity index (χ2n) is 6.27. The number of likely N-dealkylation sites (tertiary alicyclic amines) is 1. The first-order valence-corrected chi connectivity index (χ1v) is 9.23. The van der Waals surface area contributed by atoms with Crippen LogP contribution < -0.4 is 5.32 Å². The van der Waals surface area contributed by atoms with E-state index in [0.29, 0.717) is 12.3 Å². The second-order valence-corrected chi connectivity index (χ2v) is 7.30. The maximum Gasteiger partial charge on any atom is 0.225 e. The third-order valence-electron chi connectivity index (χ3n) is 4.46. The van der Waals surface area contributed by atoms with E-state index in [4.69, 9.17) is 0 Å². The number of piperidine rings is 1. The van der Waals surface area contributed by atoms with Crippen molar-refractivity contribution in [3.05, 3.63) is 58.3 Å². The largest absolute Gasteiger partial charge is 0.356 e. The highest BCUT2D eigenvalue weighted by Crippen LogP contribution is 2.18. The van der Waals surface area contributed by atoms with E-state index in [1.165, 1.54) is 18.4 Å². The number of hydrogen-bond acceptors (Lipinski definition) is 3. The molecule has 0 spiro atoms. The Morgan fingerprint density at radius 3 is 2.61 bits per heavy atom. The molecule has 1 N–H and O–H groups in total. The lowest BCUT2D eigenvalue weighted by atomic mass is 9.96. The molecular formula is C19H24N2OS. The molecular weight excluding hydrogens is 304 g/mol. The molecule has 3 rings (SSSR count). The Morgan fingerprint density at radius 1 is 1.13 bits per heavy atom. The van der Waals surface area contributed by atoms with E-state index < -0.39 is 0 Å². The van der Waals surface area contributed by atoms with Gasteiger partial charge in [0.2, 0.25) is 5.91 Å². The van der Waals surface area contributed by atoms with E-state index in [-0.39, 0.29) is 5.91 Å². The predicted molar refractivity (Wildman–Crippen MR) is 95.5 cm³/mol. The molecule has 1 amide bonds. The van der Waals surface area contributed by atoms with Gasteiger partial charge in [-0.05, 0) is 48.9 Å². The number of hydrogen-bond donors (Lipinski definition) is 1. The van der Waals surface area contributed by atoms with Crippen molar-refractivity contribution in [2.75, 3.05) is 19.6 Å². The summed E-state index contributed by atoms with van der Waals surface area (Å²) >= 11 is 1.65. The number of thiophene rings is 1. The lowest BCUT2D eigenvalue weighted by Crippen LogP contribution is -2.38. The fraction of sp³-hybridized carbons (Fsp3) is 0.421. The van der Waals surface area contributed by atoms with Gasteiger partial charge in [0.25, 0.3) is 0 Å². The molecule has 1 aliphatic rings. The topological polar surface area (TPSA) is 32.3 Å². The van der Waals surface area contributed by atoms with Crippen molar-refractivity contribution in [1.82, 2.24) is 10.2 Å². The van der Waals surface area contributed by atoms with Crippen LogP contribution in [0.15, 0.2) is 47.8 Å². The van der Waals surface area contributed by atoms with Gasteiger partial charge in [0.05, 0.1) is 6.42 Å². The number of nitrogens with one attached hydrogen (secondary N) is 1. The average molecular weight is 328 g/mol. The van der Waals surface area contributed by atoms with Crippen LogP contribution in [0, 0.1) is 5.92 Å². The Hall–Kier alpha value is -1.65. The summed E-state index contributed by atoms with van der Waals surface area (Å²) in [6.07, 6.45) is 2.86. The summed E-state index contributed by atoms with van der Waals surface area (Å²) in [7, 11) is 0. The molecule has 4 heteroatoms. The molecule has 0 radical (unpaired) electrons. The SMILES string of the molecule is O=C(Cc1cccs1)NCC1CCN(Cc2ccccc2)CC1. The minimum absolute atomic E-state index is 0.152. The van der Waals surface area contributed by atoms with Gasteiger partial charge in [-0.3, -0.25) is 9.69 Å². The number of rotatable bonds is 6. The zero-order valence-electron chi connectivity index (χ0n) is 13.4. The summed E-state index contributed by atoms with van der Waals surface area (Å²) in [4.78, 5) is 15.6. The van der Waals surface area contributed by atoms with Crippen molar-refractivity contribution in [3.63, 3.8) is 0 Å². The molecule has 0 unspecified atom stereocenters. The number of carbonyl (C=O) groups excluding carboxylic acids is 1. The normalized spacial score (nSPS) is 16.3. The Balaban J connectivity index is 1.35. The molecule has 2 heterocycles. The Labute approximate surface area is 142 Å². The van der Waals surface area contributed by atoms with Crippen LogP contribution in [0.2, 0.25) is 0 Å². The van der Waals surface area contributed by atoms with Crippen molar-refractivity contribution < 1.29 is 4.79 Å². The fourth-order valence-corrected chi connectivity index (χ4v) is 3.79. The van der Waals surface area contributed by atoms with Crippen molar-refractivity contribution >= 4 is 17.2 Å². The van der Waals surface area contributed by atoms with E-state index in [0.717, 1.165) is 31.1 Å². The summed E-state index contributed by atoms with van der Waals surface area (Å²) < 4.78 is 0. The second kappa shape index (κ2) is 8.27. The molecule has 0 saturated carbocycles. The molecule has 0 aliphatic carbocycles. The van der Waals surface area contributed by atoms with Crippen molar-refractivity contribution in [3.8, 4) is 0 Å². The quantitative estimate of drug-likeness (QED) is 0.882. The molecule has 1 aromatic heterocycles. The van der Waals surface area contributed by atoms with Crippen LogP contribution in [-0.2, 0) is 17.8 Å². The van der Waals surface area contributed by atoms with Crippen LogP contribution in [0.1, 0.15) is 23.3 Å². The molecule has 1 aromatic carbocycles. The lowest BCUT2D eigenvalue weighted by Gasteiger charge is -2.32. The summed E-state index contributed by atoms with van der Waals surface area (Å²) in [5.41, 5.74) is 1.38. The van der Waals surface area contributed by atoms with Gasteiger partial charge in [-0.2, -0.15) is 0 Å². The molecule has 23 heavy (non-hydrogen) atoms. The molecule has 1 fully saturated rings. The minimum atomic E-state index is 0.152. The maximum absolute atomic E-state index is 11.9. The average Bonchev–Trinajstić information content (AvgIpc) is 3.08. The van der Waals surface area contributed by atoms with Gasteiger partial charge in [0.15, 0.2) is 0 Å². The zero-order chi connectivity index (χ0) is 15.9. The first kappa shape index (κ1) is 16.2. The first-order valence-electron chi connectivity index (χ1n) is 8.35. The number of carbonyl (C=O) groups is 1. The predicted octanol–water partition coefficient (Wildman–Crippen LogP) is 3.32. The van der Waals surface area contributed by atoms with E-state index in [2.05, 4.69) is 40.5 Å². The Kier molecular flexibility index (Phi) is 5.83. The van der Waals surface area contributed by atoms with Gasteiger partial charge in [0, 0.05) is 18.0 Å². The van der Waals surface area contributed by atoms with Crippen molar-refractivity contribution in [1.29, 1.82) is 0 Å². The number of nitrogens with zero attached hydrogens (tertiary/aromatic N) is 1. The van der Waals surface area contributed by atoms with Crippen LogP contribution in [-0.4, -0.2) is 30.4 Å². The first-order chi connectivity index (χ1) is 11.3. The maximum atomic E-state index is 11.9. The Morgan fingerprint density at radius 2 is 1.91 bits per heavy atom. The molecule has 3 nitrogen and oxygen atoms in total. The molecule has 1 aliphatic heterocycles. The summed E-state index contributed by atoms with van der Waals surface area (Å²) in [5.74, 6) is 0.772. The third kappa shape index (κ3) is 5.19. The van der Waals surface area contributed by atoms with Gasteiger partial charge >= 0.3 is 0 Å². The zero-order valence-corrected chi connectivity index (χ0v) is 14.2. The van der Waals surface area contributed by atoms with Crippen LogP contribution >= 0.6 is 11.3 Å². The van der Waals surface area contributed by atoms with Crippen molar-refractivity contribution in [2.24, 2.45) is 5.92 Å². The van der Waals surface area contributed by atoms with E-state index in [1.807, 2.05) is 17.5 Å². The van der Waals surface area contributed by atoms with Gasteiger partial charge in [-0.1, -0.05) is 36.4 Å². The van der Waals surface area contributed by atoms with Gasteiger partial charge in [0.1, 0.15) is 0 Å². The highest BCUT2D eigenvalue weighted by molar-refractivity contribution is 7.10. The third-order valence-corrected chi connectivity index (χ3v) is 5.34. The highest BCUT2D eigenvalue weighted by Gasteiger charge is 2.19. The molecule has 0 bridgehead atoms.